The molecule has 0 spiro atoms. The van der Waals surface area contributed by atoms with E-state index in [-0.39, 0.29) is 28.2 Å². The highest BCUT2D eigenvalue weighted by Gasteiger charge is 2.37. The van der Waals surface area contributed by atoms with E-state index in [1.54, 1.807) is 11.0 Å². The maximum atomic E-state index is 13.8. The van der Waals surface area contributed by atoms with Crippen LogP contribution in [0, 0.1) is 29.1 Å². The second-order valence-corrected chi connectivity index (χ2v) is 11.3. The molecule has 2 amide bonds. The molecule has 8 heteroatoms. The van der Waals surface area contributed by atoms with Crippen LogP contribution in [0.15, 0.2) is 6.07 Å². The van der Waals surface area contributed by atoms with Crippen LogP contribution >= 0.6 is 11.3 Å². The summed E-state index contributed by atoms with van der Waals surface area (Å²) in [4.78, 5) is 41.1. The van der Waals surface area contributed by atoms with E-state index in [0.717, 1.165) is 37.0 Å². The van der Waals surface area contributed by atoms with Gasteiger partial charge in [-0.3, -0.25) is 4.79 Å². The van der Waals surface area contributed by atoms with Crippen molar-refractivity contribution >= 4 is 35.0 Å². The van der Waals surface area contributed by atoms with Crippen LogP contribution in [-0.2, 0) is 4.79 Å². The first-order chi connectivity index (χ1) is 15.5. The van der Waals surface area contributed by atoms with Gasteiger partial charge in [-0.1, -0.05) is 18.8 Å². The van der Waals surface area contributed by atoms with Gasteiger partial charge in [-0.05, 0) is 71.3 Å². The topological polar surface area (TPSA) is 98.2 Å². The SMILES string of the molecule is CC(C)(C)C#Cc1cc(N(C(=O)[C@H]2CC[C@H](C)CC2)C2CCN(C(=O)O)CC2)c(C(=O)O)s1. The number of carbonyl (C=O) groups excluding carboxylic acids is 1. The highest BCUT2D eigenvalue weighted by atomic mass is 32.1. The fourth-order valence-corrected chi connectivity index (χ4v) is 5.38. The Morgan fingerprint density at radius 2 is 1.67 bits per heavy atom. The van der Waals surface area contributed by atoms with Crippen LogP contribution in [0.5, 0.6) is 0 Å². The Balaban J connectivity index is 1.98. The fourth-order valence-electron chi connectivity index (χ4n) is 4.54. The van der Waals surface area contributed by atoms with Crippen molar-refractivity contribution in [3.05, 3.63) is 15.8 Å². The predicted molar refractivity (Wildman–Crippen MR) is 129 cm³/mol. The third-order valence-corrected chi connectivity index (χ3v) is 7.46. The molecule has 0 atom stereocenters. The summed E-state index contributed by atoms with van der Waals surface area (Å²) in [5.74, 6) is 5.58. The number of anilines is 1. The summed E-state index contributed by atoms with van der Waals surface area (Å²) in [6, 6.07) is 1.50. The Bertz CT molecular complexity index is 952. The quantitative estimate of drug-likeness (QED) is 0.589. The molecule has 1 saturated heterocycles. The minimum Gasteiger partial charge on any atom is -0.477 e. The molecule has 7 nitrogen and oxygen atoms in total. The normalized spacial score (nSPS) is 21.8. The highest BCUT2D eigenvalue weighted by molar-refractivity contribution is 7.15. The number of rotatable bonds is 4. The van der Waals surface area contributed by atoms with E-state index in [0.29, 0.717) is 42.4 Å². The van der Waals surface area contributed by atoms with Crippen molar-refractivity contribution in [1.82, 2.24) is 4.90 Å². The maximum absolute atomic E-state index is 13.8. The van der Waals surface area contributed by atoms with Crippen molar-refractivity contribution in [2.75, 3.05) is 18.0 Å². The number of thiophene rings is 1. The van der Waals surface area contributed by atoms with Crippen LogP contribution in [0.25, 0.3) is 0 Å². The number of amides is 2. The molecular weight excluding hydrogens is 440 g/mol. The van der Waals surface area contributed by atoms with E-state index in [4.69, 9.17) is 0 Å². The molecule has 0 radical (unpaired) electrons. The molecule has 33 heavy (non-hydrogen) atoms. The molecule has 1 saturated carbocycles. The van der Waals surface area contributed by atoms with Crippen molar-refractivity contribution in [1.29, 1.82) is 0 Å². The Labute approximate surface area is 199 Å². The van der Waals surface area contributed by atoms with Crippen molar-refractivity contribution in [2.45, 2.75) is 72.3 Å². The van der Waals surface area contributed by atoms with Crippen molar-refractivity contribution < 1.29 is 24.6 Å². The molecule has 3 rings (SSSR count). The number of piperidine rings is 1. The molecule has 0 aromatic carbocycles. The van der Waals surface area contributed by atoms with Gasteiger partial charge in [-0.25, -0.2) is 9.59 Å². The lowest BCUT2D eigenvalue weighted by Gasteiger charge is -2.40. The van der Waals surface area contributed by atoms with Crippen LogP contribution < -0.4 is 4.90 Å². The standard InChI is InChI=1S/C25H34N2O5S/c1-16-5-7-17(8-6-16)22(28)27(18-10-13-26(14-11-18)24(31)32)20-15-19(9-12-25(2,3)4)33-21(20)23(29)30/h15-18H,5-8,10-11,13-14H2,1-4H3,(H,29,30)(H,31,32)/t16-,17-. The molecule has 1 aromatic heterocycles. The van der Waals surface area contributed by atoms with E-state index in [9.17, 15) is 24.6 Å². The first-order valence-corrected chi connectivity index (χ1v) is 12.5. The number of aromatic carboxylic acids is 1. The Morgan fingerprint density at radius 3 is 2.18 bits per heavy atom. The predicted octanol–water partition coefficient (Wildman–Crippen LogP) is 5.15. The first-order valence-electron chi connectivity index (χ1n) is 11.7. The summed E-state index contributed by atoms with van der Waals surface area (Å²) >= 11 is 1.10. The number of carbonyl (C=O) groups is 3. The monoisotopic (exact) mass is 474 g/mol. The zero-order valence-electron chi connectivity index (χ0n) is 19.9. The summed E-state index contributed by atoms with van der Waals surface area (Å²) in [6.07, 6.45) is 3.58. The molecule has 1 aliphatic carbocycles. The molecule has 1 aliphatic heterocycles. The van der Waals surface area contributed by atoms with Gasteiger partial charge in [0.1, 0.15) is 4.88 Å². The van der Waals surface area contributed by atoms with Gasteiger partial charge in [0.05, 0.1) is 10.6 Å². The summed E-state index contributed by atoms with van der Waals surface area (Å²) in [7, 11) is 0. The van der Waals surface area contributed by atoms with E-state index < -0.39 is 12.1 Å². The number of carboxylic acid groups (broad SMARTS) is 2. The molecule has 1 aromatic rings. The van der Waals surface area contributed by atoms with Gasteiger partial charge >= 0.3 is 12.1 Å². The van der Waals surface area contributed by atoms with Gasteiger partial charge in [0.15, 0.2) is 0 Å². The lowest BCUT2D eigenvalue weighted by molar-refractivity contribution is -0.124. The first kappa shape index (κ1) is 25.1. The average Bonchev–Trinajstić information content (AvgIpc) is 3.17. The van der Waals surface area contributed by atoms with Gasteiger partial charge in [0.25, 0.3) is 0 Å². The Hall–Kier alpha value is -2.53. The molecular formula is C25H34N2O5S. The van der Waals surface area contributed by atoms with Crippen molar-refractivity contribution in [3.8, 4) is 11.8 Å². The molecule has 0 unspecified atom stereocenters. The van der Waals surface area contributed by atoms with Gasteiger partial charge in [-0.15, -0.1) is 11.3 Å². The minimum absolute atomic E-state index is 0.0358. The highest BCUT2D eigenvalue weighted by Crippen LogP contribution is 2.38. The van der Waals surface area contributed by atoms with Gasteiger partial charge in [0, 0.05) is 30.5 Å². The van der Waals surface area contributed by atoms with Crippen LogP contribution in [-0.4, -0.2) is 52.2 Å². The van der Waals surface area contributed by atoms with E-state index in [2.05, 4.69) is 18.8 Å². The molecule has 2 N–H and O–H groups in total. The van der Waals surface area contributed by atoms with E-state index in [1.807, 2.05) is 20.8 Å². The van der Waals surface area contributed by atoms with Crippen molar-refractivity contribution in [3.63, 3.8) is 0 Å². The van der Waals surface area contributed by atoms with Crippen LogP contribution in [0.1, 0.15) is 80.8 Å². The lowest BCUT2D eigenvalue weighted by Crippen LogP contribution is -2.51. The van der Waals surface area contributed by atoms with Crippen LogP contribution in [0.4, 0.5) is 10.5 Å². The van der Waals surface area contributed by atoms with Crippen LogP contribution in [0.3, 0.4) is 0 Å². The van der Waals surface area contributed by atoms with Gasteiger partial charge in [0.2, 0.25) is 5.91 Å². The molecule has 2 heterocycles. The number of carboxylic acids is 1. The summed E-state index contributed by atoms with van der Waals surface area (Å²) in [6.45, 7) is 8.82. The summed E-state index contributed by atoms with van der Waals surface area (Å²) in [5.41, 5.74) is 0.175. The van der Waals surface area contributed by atoms with E-state index >= 15 is 0 Å². The molecule has 0 bridgehead atoms. The zero-order chi connectivity index (χ0) is 24.3. The third-order valence-electron chi connectivity index (χ3n) is 6.43. The lowest BCUT2D eigenvalue weighted by atomic mass is 9.82. The zero-order valence-corrected chi connectivity index (χ0v) is 20.7. The Kier molecular flexibility index (Phi) is 7.73. The second-order valence-electron chi connectivity index (χ2n) is 10.3. The number of hydrogen-bond donors (Lipinski definition) is 2. The van der Waals surface area contributed by atoms with E-state index in [1.165, 1.54) is 4.90 Å². The minimum atomic E-state index is -1.07. The Morgan fingerprint density at radius 1 is 1.06 bits per heavy atom. The largest absolute Gasteiger partial charge is 0.477 e. The molecule has 2 fully saturated rings. The van der Waals surface area contributed by atoms with Gasteiger partial charge < -0.3 is 20.0 Å². The summed E-state index contributed by atoms with van der Waals surface area (Å²) < 4.78 is 0. The molecule has 2 aliphatic rings. The number of nitrogens with zero attached hydrogens (tertiary/aromatic N) is 2. The smallest absolute Gasteiger partial charge is 0.407 e. The average molecular weight is 475 g/mol. The number of likely N-dealkylation sites (tertiary alicyclic amines) is 1. The number of hydrogen-bond acceptors (Lipinski definition) is 4. The third kappa shape index (κ3) is 6.29. The maximum Gasteiger partial charge on any atom is 0.407 e. The molecule has 180 valence electrons. The van der Waals surface area contributed by atoms with Crippen molar-refractivity contribution in [2.24, 2.45) is 17.3 Å². The second kappa shape index (κ2) is 10.2. The van der Waals surface area contributed by atoms with Crippen LogP contribution in [0.2, 0.25) is 0 Å². The van der Waals surface area contributed by atoms with Gasteiger partial charge in [-0.2, -0.15) is 0 Å². The fraction of sp³-hybridized carbons (Fsp3) is 0.640. The summed E-state index contributed by atoms with van der Waals surface area (Å²) in [5, 5.41) is 19.3.